The van der Waals surface area contributed by atoms with Crippen LogP contribution in [0.25, 0.3) is 0 Å². The van der Waals surface area contributed by atoms with Crippen molar-refractivity contribution in [3.05, 3.63) is 20.8 Å². The number of nitrogen functional groups attached to an aromatic ring is 1. The molecule has 0 spiro atoms. The Kier molecular flexibility index (Phi) is 3.87. The molecule has 18 heavy (non-hydrogen) atoms. The molecule has 0 aliphatic heterocycles. The average molecular weight is 256 g/mol. The van der Waals surface area contributed by atoms with Gasteiger partial charge in [0.15, 0.2) is 0 Å². The Balaban J connectivity index is 2.95. The number of H-pyrrole nitrogens is 1. The van der Waals surface area contributed by atoms with E-state index in [1.807, 2.05) is 0 Å². The number of aromatic amines is 1. The van der Waals surface area contributed by atoms with Gasteiger partial charge in [0.25, 0.3) is 5.56 Å². The number of rotatable bonds is 4. The molecule has 0 aliphatic carbocycles. The van der Waals surface area contributed by atoms with E-state index in [1.165, 1.54) is 7.05 Å². The smallest absolute Gasteiger partial charge is 0.329 e. The quantitative estimate of drug-likeness (QED) is 0.513. The second-order valence-electron chi connectivity index (χ2n) is 3.52. The summed E-state index contributed by atoms with van der Waals surface area (Å²) in [4.78, 5) is 46.6. The van der Waals surface area contributed by atoms with Crippen molar-refractivity contribution in [2.75, 3.05) is 11.1 Å². The molecule has 0 unspecified atom stereocenters. The fourth-order valence-corrected chi connectivity index (χ4v) is 1.18. The van der Waals surface area contributed by atoms with Crippen molar-refractivity contribution in [3.63, 3.8) is 0 Å². The predicted molar refractivity (Wildman–Crippen MR) is 62.2 cm³/mol. The number of hydrogen-bond acceptors (Lipinski definition) is 5. The number of carboxylic acid groups (broad SMARTS) is 1. The highest BCUT2D eigenvalue weighted by molar-refractivity contribution is 5.94. The highest BCUT2D eigenvalue weighted by Gasteiger charge is 2.13. The van der Waals surface area contributed by atoms with Gasteiger partial charge in [-0.25, -0.2) is 4.79 Å². The fourth-order valence-electron chi connectivity index (χ4n) is 1.18. The molecular formula is C9H12N4O5. The summed E-state index contributed by atoms with van der Waals surface area (Å²) >= 11 is 0. The molecular weight excluding hydrogens is 244 g/mol. The summed E-state index contributed by atoms with van der Waals surface area (Å²) in [6.45, 7) is 0. The molecule has 5 N–H and O–H groups in total. The lowest BCUT2D eigenvalue weighted by Crippen LogP contribution is -2.36. The summed E-state index contributed by atoms with van der Waals surface area (Å²) in [7, 11) is 1.22. The van der Waals surface area contributed by atoms with E-state index < -0.39 is 23.1 Å². The zero-order valence-electron chi connectivity index (χ0n) is 9.52. The molecule has 0 bridgehead atoms. The van der Waals surface area contributed by atoms with Crippen LogP contribution in [0.5, 0.6) is 0 Å². The van der Waals surface area contributed by atoms with Crippen LogP contribution in [0.4, 0.5) is 11.5 Å². The maximum atomic E-state index is 11.6. The van der Waals surface area contributed by atoms with Crippen LogP contribution in [0, 0.1) is 0 Å². The fraction of sp³-hybridized carbons (Fsp3) is 0.333. The van der Waals surface area contributed by atoms with E-state index in [1.54, 1.807) is 0 Å². The number of anilines is 2. The van der Waals surface area contributed by atoms with Crippen molar-refractivity contribution < 1.29 is 14.7 Å². The van der Waals surface area contributed by atoms with E-state index in [0.29, 0.717) is 0 Å². The molecule has 1 aromatic heterocycles. The van der Waals surface area contributed by atoms with Crippen LogP contribution < -0.4 is 22.3 Å². The van der Waals surface area contributed by atoms with Crippen LogP contribution in [0.15, 0.2) is 9.59 Å². The van der Waals surface area contributed by atoms with Crippen LogP contribution in [0.2, 0.25) is 0 Å². The Bertz CT molecular complexity index is 600. The minimum atomic E-state index is -1.13. The molecule has 0 saturated heterocycles. The lowest BCUT2D eigenvalue weighted by atomic mass is 10.3. The van der Waals surface area contributed by atoms with Gasteiger partial charge in [-0.05, 0) is 0 Å². The first-order valence-electron chi connectivity index (χ1n) is 4.93. The van der Waals surface area contributed by atoms with Crippen LogP contribution in [-0.2, 0) is 16.6 Å². The van der Waals surface area contributed by atoms with E-state index in [-0.39, 0.29) is 24.3 Å². The Morgan fingerprint density at radius 3 is 2.56 bits per heavy atom. The van der Waals surface area contributed by atoms with Gasteiger partial charge in [-0.2, -0.15) is 0 Å². The summed E-state index contributed by atoms with van der Waals surface area (Å²) in [5.74, 6) is -2.08. The summed E-state index contributed by atoms with van der Waals surface area (Å²) in [6.07, 6.45) is -0.660. The van der Waals surface area contributed by atoms with Gasteiger partial charge in [0.2, 0.25) is 5.91 Å². The van der Waals surface area contributed by atoms with E-state index in [9.17, 15) is 19.2 Å². The minimum absolute atomic E-state index is 0.271. The number of aliphatic carboxylic acids is 1. The molecule has 1 amide bonds. The Morgan fingerprint density at radius 1 is 1.39 bits per heavy atom. The van der Waals surface area contributed by atoms with E-state index in [4.69, 9.17) is 10.8 Å². The maximum Gasteiger partial charge on any atom is 0.329 e. The number of nitrogens with one attached hydrogen (secondary N) is 2. The molecule has 98 valence electrons. The third-order valence-corrected chi connectivity index (χ3v) is 2.16. The molecule has 9 nitrogen and oxygen atoms in total. The predicted octanol–water partition coefficient (Wildman–Crippen LogP) is -1.54. The Labute approximate surface area is 100 Å². The third-order valence-electron chi connectivity index (χ3n) is 2.16. The van der Waals surface area contributed by atoms with Gasteiger partial charge in [0.1, 0.15) is 11.5 Å². The zero-order chi connectivity index (χ0) is 13.9. The molecule has 0 aromatic carbocycles. The number of nitrogens with two attached hydrogens (primary N) is 1. The van der Waals surface area contributed by atoms with Crippen molar-refractivity contribution in [2.24, 2.45) is 7.05 Å². The number of carbonyl (C=O) groups excluding carboxylic acids is 1. The van der Waals surface area contributed by atoms with E-state index in [0.717, 1.165) is 4.57 Å². The summed E-state index contributed by atoms with van der Waals surface area (Å²) < 4.78 is 0.739. The Hall–Kier alpha value is -2.58. The highest BCUT2D eigenvalue weighted by atomic mass is 16.4. The lowest BCUT2D eigenvalue weighted by Gasteiger charge is -2.07. The first-order valence-corrected chi connectivity index (χ1v) is 4.93. The molecule has 0 aliphatic rings. The number of nitrogens with zero attached hydrogens (tertiary/aromatic N) is 1. The van der Waals surface area contributed by atoms with Gasteiger partial charge in [-0.1, -0.05) is 0 Å². The van der Waals surface area contributed by atoms with Crippen LogP contribution >= 0.6 is 0 Å². The zero-order valence-corrected chi connectivity index (χ0v) is 9.52. The van der Waals surface area contributed by atoms with Crippen molar-refractivity contribution in [2.45, 2.75) is 12.8 Å². The van der Waals surface area contributed by atoms with Crippen LogP contribution in [0.3, 0.4) is 0 Å². The van der Waals surface area contributed by atoms with Gasteiger partial charge in [-0.15, -0.1) is 0 Å². The molecule has 1 rings (SSSR count). The second kappa shape index (κ2) is 5.17. The van der Waals surface area contributed by atoms with Crippen molar-refractivity contribution in [1.29, 1.82) is 0 Å². The average Bonchev–Trinajstić information content (AvgIpc) is 2.29. The first kappa shape index (κ1) is 13.5. The van der Waals surface area contributed by atoms with Gasteiger partial charge < -0.3 is 16.2 Å². The van der Waals surface area contributed by atoms with Gasteiger partial charge in [0.05, 0.1) is 6.42 Å². The monoisotopic (exact) mass is 256 g/mol. The molecule has 9 heteroatoms. The summed E-state index contributed by atoms with van der Waals surface area (Å²) in [6, 6.07) is 0. The molecule has 1 heterocycles. The third kappa shape index (κ3) is 2.97. The van der Waals surface area contributed by atoms with E-state index in [2.05, 4.69) is 10.3 Å². The molecule has 0 atom stereocenters. The summed E-state index contributed by atoms with van der Waals surface area (Å²) in [5.41, 5.74) is 3.65. The number of amides is 1. The van der Waals surface area contributed by atoms with Crippen molar-refractivity contribution in [3.8, 4) is 0 Å². The number of hydrogen-bond donors (Lipinski definition) is 4. The number of aromatic nitrogens is 2. The van der Waals surface area contributed by atoms with Crippen molar-refractivity contribution >= 4 is 23.4 Å². The standard InChI is InChI=1S/C9H12N4O5/c1-13-8(17)6(7(10)12-9(13)18)11-4(14)2-3-5(15)16/h2-3,10H2,1H3,(H,11,14)(H,12,18)(H,15,16). The Morgan fingerprint density at radius 2 is 2.00 bits per heavy atom. The number of carbonyl (C=O) groups is 2. The largest absolute Gasteiger partial charge is 0.481 e. The van der Waals surface area contributed by atoms with Crippen LogP contribution in [0.1, 0.15) is 12.8 Å². The number of carboxylic acids is 1. The van der Waals surface area contributed by atoms with Gasteiger partial charge in [0, 0.05) is 13.5 Å². The topological polar surface area (TPSA) is 147 Å². The molecule has 0 saturated carbocycles. The second-order valence-corrected chi connectivity index (χ2v) is 3.52. The molecule has 0 fully saturated rings. The van der Waals surface area contributed by atoms with Crippen molar-refractivity contribution in [1.82, 2.24) is 9.55 Å². The minimum Gasteiger partial charge on any atom is -0.481 e. The highest BCUT2D eigenvalue weighted by Crippen LogP contribution is 2.07. The normalized spacial score (nSPS) is 10.1. The maximum absolute atomic E-state index is 11.6. The lowest BCUT2D eigenvalue weighted by molar-refractivity contribution is -0.138. The van der Waals surface area contributed by atoms with Crippen LogP contribution in [-0.4, -0.2) is 26.5 Å². The van der Waals surface area contributed by atoms with Gasteiger partial charge in [-0.3, -0.25) is 23.9 Å². The summed E-state index contributed by atoms with van der Waals surface area (Å²) in [5, 5.41) is 10.6. The first-order chi connectivity index (χ1) is 8.32. The molecule has 1 aromatic rings. The SMILES string of the molecule is Cn1c(=O)[nH]c(N)c(NC(=O)CCC(=O)O)c1=O. The van der Waals surface area contributed by atoms with E-state index >= 15 is 0 Å². The molecule has 0 radical (unpaired) electrons. The van der Waals surface area contributed by atoms with Gasteiger partial charge >= 0.3 is 11.7 Å².